The van der Waals surface area contributed by atoms with Gasteiger partial charge in [0, 0.05) is 23.2 Å². The number of carbonyl (C=O) groups excluding carboxylic acids is 1. The van der Waals surface area contributed by atoms with Crippen LogP contribution in [0.3, 0.4) is 0 Å². The molecule has 3 N–H and O–H groups in total. The van der Waals surface area contributed by atoms with Gasteiger partial charge in [0.25, 0.3) is 5.91 Å². The summed E-state index contributed by atoms with van der Waals surface area (Å²) in [5.41, 5.74) is 5.78. The average Bonchev–Trinajstić information content (AvgIpc) is 2.37. The molecule has 0 aliphatic carbocycles. The van der Waals surface area contributed by atoms with Crippen LogP contribution in [0.1, 0.15) is 52.6 Å². The Morgan fingerprint density at radius 2 is 2.05 bits per heavy atom. The van der Waals surface area contributed by atoms with Crippen LogP contribution in [0, 0.1) is 5.82 Å². The average molecular weight is 296 g/mol. The molecule has 0 aliphatic heterocycles. The minimum atomic E-state index is -0.698. The molecule has 21 heavy (non-hydrogen) atoms. The van der Waals surface area contributed by atoms with Crippen molar-refractivity contribution in [1.29, 1.82) is 0 Å². The van der Waals surface area contributed by atoms with Gasteiger partial charge in [-0.05, 0) is 40.2 Å². The number of rotatable bonds is 6. The Hall–Kier alpha value is -1.62. The molecule has 1 aromatic rings. The second-order valence-electron chi connectivity index (χ2n) is 5.96. The highest BCUT2D eigenvalue weighted by molar-refractivity contribution is 5.81. The maximum atomic E-state index is 13.8. The summed E-state index contributed by atoms with van der Waals surface area (Å²) in [6, 6.07) is 4.07. The fourth-order valence-electron chi connectivity index (χ4n) is 1.73. The smallest absolute Gasteiger partial charge is 0.261 e. The monoisotopic (exact) mass is 296 g/mol. The number of benzene rings is 1. The third-order valence-electron chi connectivity index (χ3n) is 3.49. The van der Waals surface area contributed by atoms with E-state index >= 15 is 0 Å². The molecule has 1 rings (SSSR count). The number of hydrogen-bond donors (Lipinski definition) is 2. The molecule has 0 spiro atoms. The lowest BCUT2D eigenvalue weighted by molar-refractivity contribution is -0.129. The molecule has 0 heterocycles. The van der Waals surface area contributed by atoms with Crippen molar-refractivity contribution in [2.24, 2.45) is 5.73 Å². The Kier molecular flexibility index (Phi) is 5.72. The molecule has 0 saturated heterocycles. The maximum absolute atomic E-state index is 13.8. The highest BCUT2D eigenvalue weighted by Gasteiger charge is 2.23. The van der Waals surface area contributed by atoms with Crippen LogP contribution in [0.5, 0.6) is 5.75 Å². The molecule has 1 aromatic carbocycles. The molecular weight excluding hydrogens is 271 g/mol. The van der Waals surface area contributed by atoms with Gasteiger partial charge < -0.3 is 15.8 Å². The third kappa shape index (κ3) is 5.01. The lowest BCUT2D eigenvalue weighted by atomic mass is 10.0. The Labute approximate surface area is 125 Å². The molecule has 0 aromatic heterocycles. The van der Waals surface area contributed by atoms with Crippen molar-refractivity contribution in [2.45, 2.75) is 58.7 Å². The van der Waals surface area contributed by atoms with E-state index < -0.39 is 11.9 Å². The van der Waals surface area contributed by atoms with Gasteiger partial charge in [-0.1, -0.05) is 13.0 Å². The van der Waals surface area contributed by atoms with Gasteiger partial charge >= 0.3 is 0 Å². The van der Waals surface area contributed by atoms with Crippen LogP contribution >= 0.6 is 0 Å². The molecule has 0 radical (unpaired) electrons. The Morgan fingerprint density at radius 3 is 2.52 bits per heavy atom. The van der Waals surface area contributed by atoms with E-state index in [1.165, 1.54) is 6.07 Å². The highest BCUT2D eigenvalue weighted by atomic mass is 19.1. The van der Waals surface area contributed by atoms with Gasteiger partial charge in [0.15, 0.2) is 6.10 Å². The SMILES string of the molecule is CCC(C)(C)NC(=O)C(C)Oc1ccc(C(C)N)c(F)c1. The first-order valence-electron chi connectivity index (χ1n) is 7.20. The zero-order chi connectivity index (χ0) is 16.2. The quantitative estimate of drug-likeness (QED) is 0.848. The molecule has 2 atom stereocenters. The maximum Gasteiger partial charge on any atom is 0.261 e. The Bertz CT molecular complexity index is 501. The van der Waals surface area contributed by atoms with E-state index in [-0.39, 0.29) is 17.5 Å². The fourth-order valence-corrected chi connectivity index (χ4v) is 1.73. The molecule has 0 fully saturated rings. The van der Waals surface area contributed by atoms with E-state index in [1.807, 2.05) is 20.8 Å². The molecule has 1 amide bonds. The molecule has 2 unspecified atom stereocenters. The number of hydrogen-bond acceptors (Lipinski definition) is 3. The second-order valence-corrected chi connectivity index (χ2v) is 5.96. The van der Waals surface area contributed by atoms with Crippen LogP contribution in [0.4, 0.5) is 4.39 Å². The summed E-state index contributed by atoms with van der Waals surface area (Å²) in [5, 5.41) is 2.89. The van der Waals surface area contributed by atoms with Gasteiger partial charge in [0.05, 0.1) is 0 Å². The lowest BCUT2D eigenvalue weighted by Crippen LogP contribution is -2.48. The third-order valence-corrected chi connectivity index (χ3v) is 3.49. The number of nitrogens with one attached hydrogen (secondary N) is 1. The predicted octanol–water partition coefficient (Wildman–Crippen LogP) is 2.92. The van der Waals surface area contributed by atoms with Crippen molar-refractivity contribution in [1.82, 2.24) is 5.32 Å². The topological polar surface area (TPSA) is 64.3 Å². The van der Waals surface area contributed by atoms with E-state index in [9.17, 15) is 9.18 Å². The van der Waals surface area contributed by atoms with Crippen molar-refractivity contribution < 1.29 is 13.9 Å². The molecule has 118 valence electrons. The minimum Gasteiger partial charge on any atom is -0.481 e. The summed E-state index contributed by atoms with van der Waals surface area (Å²) in [7, 11) is 0. The van der Waals surface area contributed by atoms with Crippen LogP contribution in [-0.4, -0.2) is 17.6 Å². The molecule has 0 saturated carbocycles. The van der Waals surface area contributed by atoms with Crippen LogP contribution in [0.2, 0.25) is 0 Å². The van der Waals surface area contributed by atoms with Crippen LogP contribution in [0.15, 0.2) is 18.2 Å². The van der Waals surface area contributed by atoms with Crippen molar-refractivity contribution in [2.75, 3.05) is 0 Å². The lowest BCUT2D eigenvalue weighted by Gasteiger charge is -2.26. The summed E-state index contributed by atoms with van der Waals surface area (Å²) in [4.78, 5) is 12.0. The van der Waals surface area contributed by atoms with E-state index in [0.29, 0.717) is 11.3 Å². The van der Waals surface area contributed by atoms with Gasteiger partial charge in [-0.3, -0.25) is 4.79 Å². The summed E-state index contributed by atoms with van der Waals surface area (Å²) in [6.45, 7) is 9.22. The van der Waals surface area contributed by atoms with E-state index in [2.05, 4.69) is 5.32 Å². The van der Waals surface area contributed by atoms with Crippen molar-refractivity contribution in [3.8, 4) is 5.75 Å². The number of halogens is 1. The number of amides is 1. The molecular formula is C16H25FN2O2. The van der Waals surface area contributed by atoms with Crippen molar-refractivity contribution in [3.63, 3.8) is 0 Å². The van der Waals surface area contributed by atoms with Crippen LogP contribution in [-0.2, 0) is 4.79 Å². The van der Waals surface area contributed by atoms with Crippen LogP contribution < -0.4 is 15.8 Å². The first-order valence-corrected chi connectivity index (χ1v) is 7.20. The van der Waals surface area contributed by atoms with Gasteiger partial charge in [-0.2, -0.15) is 0 Å². The van der Waals surface area contributed by atoms with Gasteiger partial charge in [-0.25, -0.2) is 4.39 Å². The zero-order valence-electron chi connectivity index (χ0n) is 13.4. The largest absolute Gasteiger partial charge is 0.481 e. The normalized spacial score (nSPS) is 14.4. The Morgan fingerprint density at radius 1 is 1.43 bits per heavy atom. The van der Waals surface area contributed by atoms with E-state index in [0.717, 1.165) is 6.42 Å². The van der Waals surface area contributed by atoms with Crippen molar-refractivity contribution >= 4 is 5.91 Å². The fraction of sp³-hybridized carbons (Fsp3) is 0.562. The molecule has 0 aliphatic rings. The minimum absolute atomic E-state index is 0.224. The summed E-state index contributed by atoms with van der Waals surface area (Å²) in [6.07, 6.45) is 0.111. The van der Waals surface area contributed by atoms with Gasteiger partial charge in [0.1, 0.15) is 11.6 Å². The number of ether oxygens (including phenoxy) is 1. The number of nitrogens with two attached hydrogens (primary N) is 1. The summed E-state index contributed by atoms with van der Waals surface area (Å²) in [5.74, 6) is -0.337. The first-order chi connectivity index (χ1) is 9.66. The molecule has 5 heteroatoms. The molecule has 4 nitrogen and oxygen atoms in total. The molecule has 0 bridgehead atoms. The van der Waals surface area contributed by atoms with Crippen molar-refractivity contribution in [3.05, 3.63) is 29.6 Å². The summed E-state index contributed by atoms with van der Waals surface area (Å²) < 4.78 is 19.3. The predicted molar refractivity (Wildman–Crippen MR) is 81.6 cm³/mol. The van der Waals surface area contributed by atoms with E-state index in [4.69, 9.17) is 10.5 Å². The summed E-state index contributed by atoms with van der Waals surface area (Å²) >= 11 is 0. The highest BCUT2D eigenvalue weighted by Crippen LogP contribution is 2.21. The standard InChI is InChI=1S/C16H25FN2O2/c1-6-16(4,5)19-15(20)11(3)21-12-7-8-13(10(2)18)14(17)9-12/h7-11H,6,18H2,1-5H3,(H,19,20). The first kappa shape index (κ1) is 17.4. The van der Waals surface area contributed by atoms with Gasteiger partial charge in [0.2, 0.25) is 0 Å². The van der Waals surface area contributed by atoms with Crippen LogP contribution in [0.25, 0.3) is 0 Å². The van der Waals surface area contributed by atoms with Gasteiger partial charge in [-0.15, -0.1) is 0 Å². The second kappa shape index (κ2) is 6.89. The van der Waals surface area contributed by atoms with E-state index in [1.54, 1.807) is 26.0 Å². The number of carbonyl (C=O) groups is 1. The zero-order valence-corrected chi connectivity index (χ0v) is 13.4. The Balaban J connectivity index is 2.73.